The van der Waals surface area contributed by atoms with E-state index in [2.05, 4.69) is 204 Å². The molecule has 1 aromatic heterocycles. The Kier molecular flexibility index (Phi) is 7.78. The van der Waals surface area contributed by atoms with Gasteiger partial charge in [0.15, 0.2) is 0 Å². The van der Waals surface area contributed by atoms with E-state index >= 15 is 0 Å². The van der Waals surface area contributed by atoms with Gasteiger partial charge in [-0.15, -0.1) is 0 Å². The number of furan rings is 1. The van der Waals surface area contributed by atoms with E-state index in [0.717, 1.165) is 39.3 Å². The Morgan fingerprint density at radius 3 is 1.96 bits per heavy atom. The van der Waals surface area contributed by atoms with Gasteiger partial charge in [-0.1, -0.05) is 146 Å². The Balaban J connectivity index is 0.959. The van der Waals surface area contributed by atoms with Gasteiger partial charge >= 0.3 is 0 Å². The average Bonchev–Trinajstić information content (AvgIpc) is 3.82. The van der Waals surface area contributed by atoms with Crippen LogP contribution in [0.5, 0.6) is 0 Å². The maximum atomic E-state index is 6.61. The molecule has 5 heteroatoms. The van der Waals surface area contributed by atoms with Gasteiger partial charge in [0, 0.05) is 33.8 Å². The number of benzene rings is 7. The number of para-hydroxylation sites is 1. The summed E-state index contributed by atoms with van der Waals surface area (Å²) in [4.78, 5) is 7.75. The molecule has 7 aromatic carbocycles. The largest absolute Gasteiger partial charge is 0.456 e. The Morgan fingerprint density at radius 1 is 0.554 bits per heavy atom. The number of nitrogens with zero attached hydrogens (tertiary/aromatic N) is 2. The molecule has 2 aliphatic heterocycles. The molecule has 0 bridgehead atoms. The van der Waals surface area contributed by atoms with Crippen LogP contribution in [0, 0.1) is 0 Å². The molecule has 0 spiro atoms. The van der Waals surface area contributed by atoms with Crippen molar-refractivity contribution in [3.8, 4) is 22.3 Å². The average molecular weight is 723 g/mol. The van der Waals surface area contributed by atoms with Gasteiger partial charge in [0.25, 0.3) is 0 Å². The predicted octanol–water partition coefficient (Wildman–Crippen LogP) is 11.8. The molecule has 0 saturated carbocycles. The van der Waals surface area contributed by atoms with Gasteiger partial charge in [-0.05, 0) is 87.5 Å². The molecule has 4 atom stereocenters. The second-order valence-electron chi connectivity index (χ2n) is 14.8. The van der Waals surface area contributed by atoms with Crippen molar-refractivity contribution < 1.29 is 4.42 Å². The Labute approximate surface area is 326 Å². The van der Waals surface area contributed by atoms with Crippen LogP contribution >= 0.6 is 0 Å². The monoisotopic (exact) mass is 722 g/mol. The highest BCUT2D eigenvalue weighted by Crippen LogP contribution is 2.53. The van der Waals surface area contributed by atoms with Gasteiger partial charge in [0.1, 0.15) is 29.5 Å². The van der Waals surface area contributed by atoms with Crippen LogP contribution in [0.3, 0.4) is 0 Å². The number of hydrogen-bond acceptors (Lipinski definition) is 5. The molecule has 5 nitrogen and oxygen atoms in total. The summed E-state index contributed by atoms with van der Waals surface area (Å²) in [6.45, 7) is 0. The van der Waals surface area contributed by atoms with E-state index in [-0.39, 0.29) is 24.3 Å². The minimum Gasteiger partial charge on any atom is -0.456 e. The van der Waals surface area contributed by atoms with Gasteiger partial charge in [-0.25, -0.2) is 4.99 Å². The highest BCUT2D eigenvalue weighted by molar-refractivity contribution is 6.03. The smallest absolute Gasteiger partial charge is 0.135 e. The fourth-order valence-electron chi connectivity index (χ4n) is 8.86. The van der Waals surface area contributed by atoms with Crippen molar-refractivity contribution in [3.05, 3.63) is 222 Å². The van der Waals surface area contributed by atoms with Crippen LogP contribution in [0.4, 0.5) is 11.4 Å². The maximum Gasteiger partial charge on any atom is 0.135 e. The van der Waals surface area contributed by atoms with Crippen molar-refractivity contribution >= 4 is 34.3 Å². The van der Waals surface area contributed by atoms with E-state index in [1.54, 1.807) is 0 Å². The van der Waals surface area contributed by atoms with Gasteiger partial charge < -0.3 is 14.6 Å². The van der Waals surface area contributed by atoms with Gasteiger partial charge in [0.2, 0.25) is 0 Å². The summed E-state index contributed by atoms with van der Waals surface area (Å²) < 4.78 is 6.61. The Morgan fingerprint density at radius 2 is 1.20 bits per heavy atom. The first kappa shape index (κ1) is 32.5. The molecule has 11 rings (SSSR count). The molecule has 268 valence electrons. The first-order valence-electron chi connectivity index (χ1n) is 19.3. The van der Waals surface area contributed by atoms with Crippen molar-refractivity contribution in [1.29, 1.82) is 0 Å². The SMILES string of the molecule is C1=CC2C(c3ccccc3N2c2ccc(-c3cccc(-c4ccccc4)c3)cc2)c2c1oc1ccc(C3=NC(c4ccccc4)NC(c4ccccc4)N3)cc21. The van der Waals surface area contributed by atoms with Crippen molar-refractivity contribution in [2.45, 2.75) is 24.3 Å². The predicted molar refractivity (Wildman–Crippen MR) is 228 cm³/mol. The van der Waals surface area contributed by atoms with E-state index in [9.17, 15) is 0 Å². The molecule has 4 unspecified atom stereocenters. The van der Waals surface area contributed by atoms with Gasteiger partial charge in [-0.3, -0.25) is 5.32 Å². The lowest BCUT2D eigenvalue weighted by atomic mass is 9.82. The van der Waals surface area contributed by atoms with Crippen LogP contribution in [0.15, 0.2) is 197 Å². The fraction of sp³-hybridized carbons (Fsp3) is 0.0784. The van der Waals surface area contributed by atoms with Crippen LogP contribution in [-0.2, 0) is 0 Å². The zero-order chi connectivity index (χ0) is 37.0. The van der Waals surface area contributed by atoms with Crippen LogP contribution in [-0.4, -0.2) is 11.9 Å². The molecule has 2 N–H and O–H groups in total. The summed E-state index contributed by atoms with van der Waals surface area (Å²) in [7, 11) is 0. The second kappa shape index (κ2) is 13.4. The third-order valence-electron chi connectivity index (χ3n) is 11.5. The zero-order valence-corrected chi connectivity index (χ0v) is 30.6. The molecule has 56 heavy (non-hydrogen) atoms. The molecular formula is C51H38N4O. The molecule has 0 radical (unpaired) electrons. The molecule has 0 fully saturated rings. The van der Waals surface area contributed by atoms with E-state index in [1.165, 1.54) is 44.8 Å². The molecular weight excluding hydrogens is 685 g/mol. The fourth-order valence-corrected chi connectivity index (χ4v) is 8.86. The summed E-state index contributed by atoms with van der Waals surface area (Å²) in [5, 5.41) is 8.57. The minimum absolute atomic E-state index is 0.0934. The first-order chi connectivity index (χ1) is 27.7. The van der Waals surface area contributed by atoms with Crippen molar-refractivity contribution in [2.75, 3.05) is 4.90 Å². The molecule has 3 heterocycles. The van der Waals surface area contributed by atoms with Crippen LogP contribution in [0.2, 0.25) is 0 Å². The van der Waals surface area contributed by atoms with Crippen LogP contribution < -0.4 is 15.5 Å². The Bertz CT molecular complexity index is 2770. The summed E-state index contributed by atoms with van der Waals surface area (Å²) in [5.41, 5.74) is 14.0. The molecule has 0 saturated heterocycles. The summed E-state index contributed by atoms with van der Waals surface area (Å²) in [5.74, 6) is 1.88. The molecule has 1 aliphatic carbocycles. The number of nitrogens with one attached hydrogen (secondary N) is 2. The number of fused-ring (bicyclic) bond motifs is 7. The van der Waals surface area contributed by atoms with E-state index in [4.69, 9.17) is 9.41 Å². The number of amidine groups is 1. The quantitative estimate of drug-likeness (QED) is 0.179. The third-order valence-corrected chi connectivity index (χ3v) is 11.5. The highest BCUT2D eigenvalue weighted by atomic mass is 16.3. The maximum absolute atomic E-state index is 6.61. The number of anilines is 2. The van der Waals surface area contributed by atoms with Gasteiger partial charge in [0.05, 0.1) is 6.04 Å². The van der Waals surface area contributed by atoms with E-state index < -0.39 is 0 Å². The number of hydrogen-bond donors (Lipinski definition) is 2. The van der Waals surface area contributed by atoms with Crippen molar-refractivity contribution in [2.24, 2.45) is 4.99 Å². The van der Waals surface area contributed by atoms with E-state index in [1.807, 2.05) is 6.07 Å². The summed E-state index contributed by atoms with van der Waals surface area (Å²) in [6.07, 6.45) is 4.19. The normalized spacial score (nSPS) is 19.5. The van der Waals surface area contributed by atoms with Crippen molar-refractivity contribution in [1.82, 2.24) is 10.6 Å². The highest BCUT2D eigenvalue weighted by Gasteiger charge is 2.43. The first-order valence-corrected chi connectivity index (χ1v) is 19.3. The van der Waals surface area contributed by atoms with E-state index in [0.29, 0.717) is 0 Å². The lowest BCUT2D eigenvalue weighted by Crippen LogP contribution is -2.44. The molecule has 8 aromatic rings. The summed E-state index contributed by atoms with van der Waals surface area (Å²) >= 11 is 0. The molecule has 3 aliphatic rings. The molecule has 0 amide bonds. The lowest BCUT2D eigenvalue weighted by molar-refractivity contribution is 0.409. The summed E-state index contributed by atoms with van der Waals surface area (Å²) in [6, 6.07) is 64.9. The standard InChI is InChI=1S/C51H38N4O/c1-4-13-33(14-5-1)37-19-12-20-38(31-37)34-23-26-40(27-24-34)55-43-22-11-10-21-41(43)47-44(55)28-30-46-48(47)42-32-39(25-29-45(42)56-46)51-53-49(35-15-6-2-7-16-35)52-50(54-51)36-17-8-3-9-18-36/h1-32,44,47,49-50,52H,(H,53,54). The second-order valence-corrected chi connectivity index (χ2v) is 14.8. The van der Waals surface area contributed by atoms with Gasteiger partial charge in [-0.2, -0.15) is 0 Å². The Hall–Kier alpha value is -6.95. The minimum atomic E-state index is -0.201. The van der Waals surface area contributed by atoms with Crippen molar-refractivity contribution in [3.63, 3.8) is 0 Å². The third kappa shape index (κ3) is 5.55. The number of aliphatic imine (C=N–C) groups is 1. The number of rotatable bonds is 6. The van der Waals surface area contributed by atoms with Crippen LogP contribution in [0.25, 0.3) is 39.3 Å². The zero-order valence-electron chi connectivity index (χ0n) is 30.6. The topological polar surface area (TPSA) is 52.8 Å². The lowest BCUT2D eigenvalue weighted by Gasteiger charge is -2.32. The van der Waals surface area contributed by atoms with Crippen LogP contribution in [0.1, 0.15) is 51.8 Å².